The third-order valence-corrected chi connectivity index (χ3v) is 3.21. The lowest BCUT2D eigenvalue weighted by Gasteiger charge is -2.11. The van der Waals surface area contributed by atoms with Crippen molar-refractivity contribution < 1.29 is 19.2 Å². The van der Waals surface area contributed by atoms with Crippen LogP contribution in [0.25, 0.3) is 0 Å². The Labute approximate surface area is 153 Å². The summed E-state index contributed by atoms with van der Waals surface area (Å²) in [4.78, 5) is 34.0. The quantitative estimate of drug-likeness (QED) is 0.410. The molecule has 0 spiro atoms. The zero-order valence-electron chi connectivity index (χ0n) is 13.3. The summed E-state index contributed by atoms with van der Waals surface area (Å²) in [6.07, 6.45) is 0. The van der Waals surface area contributed by atoms with Crippen LogP contribution in [0.1, 0.15) is 10.4 Å². The normalized spacial score (nSPS) is 9.69. The Morgan fingerprint density at radius 1 is 1.04 bits per heavy atom. The molecule has 0 aromatic heterocycles. The maximum atomic E-state index is 12.1. The van der Waals surface area contributed by atoms with Crippen molar-refractivity contribution in [1.29, 1.82) is 0 Å². The number of carbonyl (C=O) groups is 2. The number of hydrazine groups is 1. The van der Waals surface area contributed by atoms with Gasteiger partial charge in [-0.05, 0) is 30.4 Å². The first kappa shape index (κ1) is 18.8. The predicted octanol–water partition coefficient (Wildman–Crippen LogP) is 1.31. The molecule has 0 unspecified atom stereocenters. The van der Waals surface area contributed by atoms with Crippen LogP contribution >= 0.6 is 12.2 Å². The van der Waals surface area contributed by atoms with E-state index in [0.29, 0.717) is 5.75 Å². The predicted molar refractivity (Wildman–Crippen MR) is 96.4 cm³/mol. The fourth-order valence-corrected chi connectivity index (χ4v) is 2.00. The molecular weight excluding hydrogens is 360 g/mol. The summed E-state index contributed by atoms with van der Waals surface area (Å²) >= 11 is 4.87. The van der Waals surface area contributed by atoms with Gasteiger partial charge in [0.15, 0.2) is 11.7 Å². The van der Waals surface area contributed by atoms with Crippen molar-refractivity contribution in [1.82, 2.24) is 16.2 Å². The van der Waals surface area contributed by atoms with Crippen molar-refractivity contribution in [2.24, 2.45) is 0 Å². The molecular formula is C16H14N4O5S. The molecule has 0 fully saturated rings. The fourth-order valence-electron chi connectivity index (χ4n) is 1.85. The maximum Gasteiger partial charge on any atom is 0.282 e. The monoisotopic (exact) mass is 374 g/mol. The van der Waals surface area contributed by atoms with Crippen molar-refractivity contribution in [2.75, 3.05) is 6.61 Å². The number of amides is 2. The highest BCUT2D eigenvalue weighted by Crippen LogP contribution is 2.17. The van der Waals surface area contributed by atoms with Gasteiger partial charge in [0.2, 0.25) is 0 Å². The number of nitrogens with one attached hydrogen (secondary N) is 3. The number of hydrogen-bond donors (Lipinski definition) is 3. The summed E-state index contributed by atoms with van der Waals surface area (Å²) in [6, 6.07) is 14.1. The first-order chi connectivity index (χ1) is 12.5. The summed E-state index contributed by atoms with van der Waals surface area (Å²) < 4.78 is 5.23. The van der Waals surface area contributed by atoms with Crippen LogP contribution in [-0.4, -0.2) is 28.5 Å². The van der Waals surface area contributed by atoms with E-state index in [1.54, 1.807) is 24.3 Å². The molecule has 0 radical (unpaired) electrons. The number of nitro groups is 1. The first-order valence-electron chi connectivity index (χ1n) is 7.29. The van der Waals surface area contributed by atoms with E-state index in [2.05, 4.69) is 16.2 Å². The second-order valence-electron chi connectivity index (χ2n) is 4.83. The van der Waals surface area contributed by atoms with Crippen LogP contribution in [0.5, 0.6) is 5.75 Å². The standard InChI is InChI=1S/C16H14N4O5S/c21-14(10-25-11-6-2-1-3-7-11)18-19-16(26)17-15(22)12-8-4-5-9-13(12)20(23)24/h1-9H,10H2,(H,18,21)(H2,17,19,22,26). The van der Waals surface area contributed by atoms with Crippen molar-refractivity contribution in [2.45, 2.75) is 0 Å². The van der Waals surface area contributed by atoms with Crippen molar-refractivity contribution >= 4 is 34.8 Å². The first-order valence-corrected chi connectivity index (χ1v) is 7.69. The van der Waals surface area contributed by atoms with Crippen LogP contribution in [0, 0.1) is 10.1 Å². The second-order valence-corrected chi connectivity index (χ2v) is 5.24. The lowest BCUT2D eigenvalue weighted by atomic mass is 10.1. The van der Waals surface area contributed by atoms with E-state index >= 15 is 0 Å². The highest BCUT2D eigenvalue weighted by atomic mass is 32.1. The summed E-state index contributed by atoms with van der Waals surface area (Å²) in [6.45, 7) is -0.266. The molecule has 134 valence electrons. The Morgan fingerprint density at radius 3 is 2.38 bits per heavy atom. The lowest BCUT2D eigenvalue weighted by Crippen LogP contribution is -2.49. The lowest BCUT2D eigenvalue weighted by molar-refractivity contribution is -0.385. The molecule has 2 aromatic rings. The number of nitro benzene ring substituents is 1. The number of ether oxygens (including phenoxy) is 1. The molecule has 2 amide bonds. The van der Waals surface area contributed by atoms with Gasteiger partial charge >= 0.3 is 0 Å². The second kappa shape index (κ2) is 9.08. The molecule has 0 aliphatic heterocycles. The number of nitrogens with zero attached hydrogens (tertiary/aromatic N) is 1. The highest BCUT2D eigenvalue weighted by Gasteiger charge is 2.19. The molecule has 2 aromatic carbocycles. The molecule has 3 N–H and O–H groups in total. The zero-order chi connectivity index (χ0) is 18.9. The number of hydrogen-bond acceptors (Lipinski definition) is 6. The molecule has 0 heterocycles. The van der Waals surface area contributed by atoms with Gasteiger partial charge in [-0.2, -0.15) is 0 Å². The SMILES string of the molecule is O=C(COc1ccccc1)NNC(=S)NC(=O)c1ccccc1[N+](=O)[O-]. The number of carbonyl (C=O) groups excluding carboxylic acids is 2. The van der Waals surface area contributed by atoms with Gasteiger partial charge in [0.1, 0.15) is 11.3 Å². The Hall–Kier alpha value is -3.53. The van der Waals surface area contributed by atoms with Gasteiger partial charge < -0.3 is 4.74 Å². The average molecular weight is 374 g/mol. The highest BCUT2D eigenvalue weighted by molar-refractivity contribution is 7.80. The van der Waals surface area contributed by atoms with E-state index in [1.165, 1.54) is 24.3 Å². The molecule has 26 heavy (non-hydrogen) atoms. The molecule has 0 bridgehead atoms. The Kier molecular flexibility index (Phi) is 6.57. The minimum Gasteiger partial charge on any atom is -0.484 e. The Bertz CT molecular complexity index is 828. The smallest absolute Gasteiger partial charge is 0.282 e. The third-order valence-electron chi connectivity index (χ3n) is 3.00. The van der Waals surface area contributed by atoms with Gasteiger partial charge in [-0.1, -0.05) is 30.3 Å². The number of benzene rings is 2. The molecule has 0 aliphatic carbocycles. The van der Waals surface area contributed by atoms with E-state index in [9.17, 15) is 19.7 Å². The third kappa shape index (κ3) is 5.53. The summed E-state index contributed by atoms with van der Waals surface area (Å²) in [5.74, 6) is -0.782. The minimum absolute atomic E-state index is 0.152. The molecule has 0 aliphatic rings. The Balaban J connectivity index is 1.80. The largest absolute Gasteiger partial charge is 0.484 e. The van der Waals surface area contributed by atoms with Crippen LogP contribution in [0.2, 0.25) is 0 Å². The van der Waals surface area contributed by atoms with Gasteiger partial charge in [-0.15, -0.1) is 0 Å². The maximum absolute atomic E-state index is 12.1. The summed E-state index contributed by atoms with van der Waals surface area (Å²) in [7, 11) is 0. The fraction of sp³-hybridized carbons (Fsp3) is 0.0625. The van der Waals surface area contributed by atoms with Gasteiger partial charge in [0.25, 0.3) is 17.5 Å². The van der Waals surface area contributed by atoms with Gasteiger partial charge in [-0.3, -0.25) is 35.9 Å². The Morgan fingerprint density at radius 2 is 1.69 bits per heavy atom. The number of para-hydroxylation sites is 2. The molecule has 0 saturated heterocycles. The summed E-state index contributed by atoms with van der Waals surface area (Å²) in [5.41, 5.74) is 4.06. The van der Waals surface area contributed by atoms with Crippen molar-refractivity contribution in [3.05, 3.63) is 70.3 Å². The summed E-state index contributed by atoms with van der Waals surface area (Å²) in [5, 5.41) is 12.9. The molecule has 2 rings (SSSR count). The van der Waals surface area contributed by atoms with E-state index < -0.39 is 16.7 Å². The van der Waals surface area contributed by atoms with E-state index in [4.69, 9.17) is 17.0 Å². The number of thiocarbonyl (C=S) groups is 1. The van der Waals surface area contributed by atoms with Crippen LogP contribution in [0.3, 0.4) is 0 Å². The average Bonchev–Trinajstić information content (AvgIpc) is 2.65. The van der Waals surface area contributed by atoms with Crippen molar-refractivity contribution in [3.63, 3.8) is 0 Å². The molecule has 9 nitrogen and oxygen atoms in total. The van der Waals surface area contributed by atoms with Gasteiger partial charge in [0, 0.05) is 6.07 Å². The van der Waals surface area contributed by atoms with E-state index in [-0.39, 0.29) is 23.0 Å². The van der Waals surface area contributed by atoms with Gasteiger partial charge in [-0.25, -0.2) is 0 Å². The van der Waals surface area contributed by atoms with Gasteiger partial charge in [0.05, 0.1) is 4.92 Å². The van der Waals surface area contributed by atoms with Crippen molar-refractivity contribution in [3.8, 4) is 5.75 Å². The van der Waals surface area contributed by atoms with E-state index in [1.807, 2.05) is 6.07 Å². The van der Waals surface area contributed by atoms with E-state index in [0.717, 1.165) is 0 Å². The molecule has 0 atom stereocenters. The minimum atomic E-state index is -0.774. The molecule has 10 heteroatoms. The van der Waals surface area contributed by atoms with Crippen LogP contribution in [0.4, 0.5) is 5.69 Å². The van der Waals surface area contributed by atoms with Crippen LogP contribution < -0.4 is 20.9 Å². The van der Waals surface area contributed by atoms with Crippen LogP contribution in [0.15, 0.2) is 54.6 Å². The molecule has 0 saturated carbocycles. The topological polar surface area (TPSA) is 123 Å². The number of rotatable bonds is 5. The van der Waals surface area contributed by atoms with Crippen LogP contribution in [-0.2, 0) is 4.79 Å². The zero-order valence-corrected chi connectivity index (χ0v) is 14.1.